The third-order valence-corrected chi connectivity index (χ3v) is 6.48. The van der Waals surface area contributed by atoms with Crippen molar-refractivity contribution in [2.75, 3.05) is 25.1 Å². The minimum absolute atomic E-state index is 0.0326. The van der Waals surface area contributed by atoms with Crippen molar-refractivity contribution in [1.29, 1.82) is 0 Å². The Balaban J connectivity index is 1.26. The van der Waals surface area contributed by atoms with E-state index >= 15 is 0 Å². The number of amides is 2. The lowest BCUT2D eigenvalue weighted by atomic mass is 10.2. The Labute approximate surface area is 183 Å². The second kappa shape index (κ2) is 8.80. The van der Waals surface area contributed by atoms with E-state index in [2.05, 4.69) is 15.7 Å². The SMILES string of the molecule is O=C(Cn1nc2c(c1NC(=O)C1COc3ccccc3O1)CSC2)NCC1CCCO1. The van der Waals surface area contributed by atoms with E-state index in [0.29, 0.717) is 23.9 Å². The van der Waals surface area contributed by atoms with E-state index in [9.17, 15) is 9.59 Å². The minimum atomic E-state index is -0.781. The van der Waals surface area contributed by atoms with Gasteiger partial charge in [-0.1, -0.05) is 12.1 Å². The van der Waals surface area contributed by atoms with Crippen molar-refractivity contribution in [2.24, 2.45) is 0 Å². The average molecular weight is 445 g/mol. The number of hydrogen-bond acceptors (Lipinski definition) is 7. The van der Waals surface area contributed by atoms with Crippen molar-refractivity contribution in [2.45, 2.75) is 43.1 Å². The second-order valence-corrected chi connectivity index (χ2v) is 8.70. The molecule has 1 saturated heterocycles. The molecule has 0 spiro atoms. The summed E-state index contributed by atoms with van der Waals surface area (Å²) in [7, 11) is 0. The molecule has 0 radical (unpaired) electrons. The molecule has 1 aromatic carbocycles. The van der Waals surface area contributed by atoms with E-state index in [4.69, 9.17) is 14.2 Å². The largest absolute Gasteiger partial charge is 0.485 e. The number of ether oxygens (including phenoxy) is 3. The van der Waals surface area contributed by atoms with Gasteiger partial charge in [0.2, 0.25) is 12.0 Å². The van der Waals surface area contributed by atoms with Crippen LogP contribution in [0.1, 0.15) is 24.1 Å². The lowest BCUT2D eigenvalue weighted by Crippen LogP contribution is -2.41. The number of nitrogens with one attached hydrogen (secondary N) is 2. The fourth-order valence-corrected chi connectivity index (χ4v) is 4.93. The number of nitrogens with zero attached hydrogens (tertiary/aromatic N) is 2. The molecule has 2 unspecified atom stereocenters. The summed E-state index contributed by atoms with van der Waals surface area (Å²) in [4.78, 5) is 25.4. The Morgan fingerprint density at radius 3 is 2.94 bits per heavy atom. The molecule has 31 heavy (non-hydrogen) atoms. The lowest BCUT2D eigenvalue weighted by molar-refractivity contribution is -0.125. The molecule has 2 aromatic rings. The number of hydrogen-bond donors (Lipinski definition) is 2. The molecular formula is C21H24N4O5S. The van der Waals surface area contributed by atoms with Crippen LogP contribution < -0.4 is 20.1 Å². The highest BCUT2D eigenvalue weighted by molar-refractivity contribution is 7.98. The number of thioether (sulfide) groups is 1. The zero-order valence-electron chi connectivity index (χ0n) is 17.0. The van der Waals surface area contributed by atoms with Gasteiger partial charge >= 0.3 is 0 Å². The number of carbonyl (C=O) groups is 2. The first-order valence-corrected chi connectivity index (χ1v) is 11.6. The summed E-state index contributed by atoms with van der Waals surface area (Å²) in [5.74, 6) is 2.74. The zero-order chi connectivity index (χ0) is 21.2. The fraction of sp³-hybridized carbons (Fsp3) is 0.476. The highest BCUT2D eigenvalue weighted by Gasteiger charge is 2.31. The summed E-state index contributed by atoms with van der Waals surface area (Å²) >= 11 is 1.73. The van der Waals surface area contributed by atoms with Crippen LogP contribution in [0.2, 0.25) is 0 Å². The van der Waals surface area contributed by atoms with Gasteiger partial charge in [0.25, 0.3) is 5.91 Å². The van der Waals surface area contributed by atoms with E-state index < -0.39 is 6.10 Å². The third kappa shape index (κ3) is 4.35. The van der Waals surface area contributed by atoms with Crippen molar-refractivity contribution >= 4 is 29.4 Å². The first-order chi connectivity index (χ1) is 15.2. The van der Waals surface area contributed by atoms with Gasteiger partial charge in [-0.25, -0.2) is 4.68 Å². The summed E-state index contributed by atoms with van der Waals surface area (Å²) in [6.45, 7) is 1.39. The van der Waals surface area contributed by atoms with E-state index in [1.54, 1.807) is 28.6 Å². The van der Waals surface area contributed by atoms with Gasteiger partial charge in [0.05, 0.1) is 11.8 Å². The molecule has 164 valence electrons. The van der Waals surface area contributed by atoms with Crippen LogP contribution in [0.15, 0.2) is 24.3 Å². The Kier molecular flexibility index (Phi) is 5.73. The fourth-order valence-electron chi connectivity index (χ4n) is 3.89. The predicted octanol–water partition coefficient (Wildman–Crippen LogP) is 1.70. The summed E-state index contributed by atoms with van der Waals surface area (Å²) in [6.07, 6.45) is 1.28. The molecule has 4 heterocycles. The number of aromatic nitrogens is 2. The predicted molar refractivity (Wildman–Crippen MR) is 114 cm³/mol. The maximum atomic E-state index is 12.9. The molecule has 0 aliphatic carbocycles. The van der Waals surface area contributed by atoms with Gasteiger partial charge in [0.1, 0.15) is 19.0 Å². The van der Waals surface area contributed by atoms with Gasteiger partial charge in [-0.15, -0.1) is 0 Å². The molecule has 2 atom stereocenters. The molecule has 9 nitrogen and oxygen atoms in total. The second-order valence-electron chi connectivity index (χ2n) is 7.72. The van der Waals surface area contributed by atoms with Gasteiger partial charge in [-0.05, 0) is 25.0 Å². The maximum Gasteiger partial charge on any atom is 0.270 e. The summed E-state index contributed by atoms with van der Waals surface area (Å²) in [6, 6.07) is 7.26. The van der Waals surface area contributed by atoms with Crippen LogP contribution in [0.25, 0.3) is 0 Å². The quantitative estimate of drug-likeness (QED) is 0.699. The summed E-state index contributed by atoms with van der Waals surface area (Å²) < 4.78 is 18.6. The highest BCUT2D eigenvalue weighted by atomic mass is 32.2. The molecule has 0 bridgehead atoms. The molecule has 3 aliphatic rings. The van der Waals surface area contributed by atoms with E-state index in [1.165, 1.54) is 0 Å². The van der Waals surface area contributed by atoms with E-state index in [-0.39, 0.29) is 31.1 Å². The Morgan fingerprint density at radius 1 is 1.23 bits per heavy atom. The molecule has 1 aromatic heterocycles. The standard InChI is InChI=1S/C21H24N4O5S/c26-19(22-8-13-4-3-7-28-13)9-25-20(14-11-31-12-15(14)24-25)23-21(27)18-10-29-16-5-1-2-6-17(16)30-18/h1-2,5-6,13,18H,3-4,7-12H2,(H,22,26)(H,23,27). The van der Waals surface area contributed by atoms with Crippen LogP contribution in [-0.4, -0.2) is 53.6 Å². The summed E-state index contributed by atoms with van der Waals surface area (Å²) in [5.41, 5.74) is 1.86. The van der Waals surface area contributed by atoms with E-state index in [1.807, 2.05) is 12.1 Å². The average Bonchev–Trinajstić information content (AvgIpc) is 3.52. The third-order valence-electron chi connectivity index (χ3n) is 5.51. The van der Waals surface area contributed by atoms with Crippen LogP contribution in [-0.2, 0) is 32.4 Å². The van der Waals surface area contributed by atoms with Crippen molar-refractivity contribution in [3.8, 4) is 11.5 Å². The first kappa shape index (κ1) is 20.2. The molecule has 3 aliphatic heterocycles. The number of fused-ring (bicyclic) bond motifs is 2. The van der Waals surface area contributed by atoms with Crippen molar-refractivity contribution in [3.05, 3.63) is 35.5 Å². The number of benzene rings is 1. The van der Waals surface area contributed by atoms with Crippen molar-refractivity contribution < 1.29 is 23.8 Å². The van der Waals surface area contributed by atoms with Crippen LogP contribution >= 0.6 is 11.8 Å². The minimum Gasteiger partial charge on any atom is -0.485 e. The van der Waals surface area contributed by atoms with Gasteiger partial charge in [-0.2, -0.15) is 16.9 Å². The maximum absolute atomic E-state index is 12.9. The van der Waals surface area contributed by atoms with Gasteiger partial charge in [-0.3, -0.25) is 9.59 Å². The Morgan fingerprint density at radius 2 is 2.10 bits per heavy atom. The molecule has 1 fully saturated rings. The van der Waals surface area contributed by atoms with Crippen LogP contribution in [0.3, 0.4) is 0 Å². The molecule has 10 heteroatoms. The molecule has 0 saturated carbocycles. The van der Waals surface area contributed by atoms with Crippen molar-refractivity contribution in [3.63, 3.8) is 0 Å². The normalized spacial score (nSPS) is 21.5. The topological polar surface area (TPSA) is 104 Å². The van der Waals surface area contributed by atoms with Crippen LogP contribution in [0, 0.1) is 0 Å². The van der Waals surface area contributed by atoms with Gasteiger partial charge in [0, 0.05) is 30.2 Å². The smallest absolute Gasteiger partial charge is 0.270 e. The van der Waals surface area contributed by atoms with Crippen LogP contribution in [0.4, 0.5) is 5.82 Å². The number of anilines is 1. The van der Waals surface area contributed by atoms with Crippen LogP contribution in [0.5, 0.6) is 11.5 Å². The summed E-state index contributed by atoms with van der Waals surface area (Å²) in [5, 5.41) is 10.4. The number of carbonyl (C=O) groups excluding carboxylic acids is 2. The Bertz CT molecular complexity index is 988. The zero-order valence-corrected chi connectivity index (χ0v) is 17.8. The van der Waals surface area contributed by atoms with E-state index in [0.717, 1.165) is 42.2 Å². The monoisotopic (exact) mass is 444 g/mol. The lowest BCUT2D eigenvalue weighted by Gasteiger charge is -2.25. The van der Waals surface area contributed by atoms with Crippen molar-refractivity contribution in [1.82, 2.24) is 15.1 Å². The molecule has 2 N–H and O–H groups in total. The number of rotatable bonds is 6. The Hall–Kier alpha value is -2.72. The van der Waals surface area contributed by atoms with Gasteiger partial charge < -0.3 is 24.8 Å². The molecule has 2 amide bonds. The van der Waals surface area contributed by atoms with Gasteiger partial charge in [0.15, 0.2) is 11.5 Å². The number of para-hydroxylation sites is 2. The first-order valence-electron chi connectivity index (χ1n) is 10.4. The molecular weight excluding hydrogens is 420 g/mol. The molecule has 5 rings (SSSR count). The highest BCUT2D eigenvalue weighted by Crippen LogP contribution is 2.35.